The molecule has 6 heteroatoms. The van der Waals surface area contributed by atoms with Gasteiger partial charge in [-0.15, -0.1) is 0 Å². The maximum absolute atomic E-state index is 12.1. The highest BCUT2D eigenvalue weighted by Crippen LogP contribution is 2.24. The van der Waals surface area contributed by atoms with Gasteiger partial charge >= 0.3 is 0 Å². The van der Waals surface area contributed by atoms with E-state index in [1.165, 1.54) is 18.3 Å². The van der Waals surface area contributed by atoms with Crippen LogP contribution in [0, 0.1) is 5.92 Å². The molecule has 2 atom stereocenters. The fourth-order valence-corrected chi connectivity index (χ4v) is 3.64. The van der Waals surface area contributed by atoms with Gasteiger partial charge in [-0.05, 0) is 24.8 Å². The average Bonchev–Trinajstić information content (AvgIpc) is 2.29. The van der Waals surface area contributed by atoms with Crippen molar-refractivity contribution in [2.24, 2.45) is 5.92 Å². The van der Waals surface area contributed by atoms with Crippen molar-refractivity contribution in [1.82, 2.24) is 9.71 Å². The molecule has 0 bridgehead atoms. The van der Waals surface area contributed by atoms with E-state index < -0.39 is 10.0 Å². The zero-order chi connectivity index (χ0) is 13.2. The van der Waals surface area contributed by atoms with Crippen LogP contribution in [0.5, 0.6) is 0 Å². The number of aromatic nitrogens is 1. The lowest BCUT2D eigenvalue weighted by atomic mass is 9.88. The van der Waals surface area contributed by atoms with Crippen LogP contribution in [0.1, 0.15) is 32.6 Å². The molecule has 2 N–H and O–H groups in total. The number of rotatable bonds is 3. The van der Waals surface area contributed by atoms with E-state index in [1.807, 2.05) is 0 Å². The van der Waals surface area contributed by atoms with E-state index in [-0.39, 0.29) is 16.5 Å². The Balaban J connectivity index is 2.11. The second kappa shape index (κ2) is 5.24. The fourth-order valence-electron chi connectivity index (χ4n) is 2.39. The van der Waals surface area contributed by atoms with Gasteiger partial charge in [0.15, 0.2) is 0 Å². The van der Waals surface area contributed by atoms with E-state index in [0.29, 0.717) is 5.92 Å². The minimum absolute atomic E-state index is 0.00526. The van der Waals surface area contributed by atoms with Crippen molar-refractivity contribution >= 4 is 10.0 Å². The summed E-state index contributed by atoms with van der Waals surface area (Å²) in [5.74, 6) is 0.557. The van der Waals surface area contributed by atoms with Gasteiger partial charge in [0.2, 0.25) is 15.6 Å². The zero-order valence-corrected chi connectivity index (χ0v) is 11.2. The smallest absolute Gasteiger partial charge is 0.247 e. The standard InChI is InChI=1S/C12H18N2O3S/c1-9-3-2-4-10(7-9)14-18(16,17)11-5-6-12(15)13-8-11/h5-6,8-10,14H,2-4,7H2,1H3,(H,13,15). The normalized spacial score (nSPS) is 24.9. The molecule has 5 nitrogen and oxygen atoms in total. The van der Waals surface area contributed by atoms with Crippen LogP contribution in [0.2, 0.25) is 0 Å². The van der Waals surface area contributed by atoms with Crippen LogP contribution in [-0.2, 0) is 10.0 Å². The minimum atomic E-state index is -3.52. The number of pyridine rings is 1. The molecule has 18 heavy (non-hydrogen) atoms. The molecule has 100 valence electrons. The van der Waals surface area contributed by atoms with E-state index in [2.05, 4.69) is 16.6 Å². The Kier molecular flexibility index (Phi) is 3.87. The SMILES string of the molecule is CC1CCCC(NS(=O)(=O)c2ccc(=O)[nH]c2)C1. The van der Waals surface area contributed by atoms with Crippen molar-refractivity contribution in [2.45, 2.75) is 43.5 Å². The lowest BCUT2D eigenvalue weighted by molar-refractivity contribution is 0.327. The van der Waals surface area contributed by atoms with E-state index >= 15 is 0 Å². The van der Waals surface area contributed by atoms with Crippen molar-refractivity contribution < 1.29 is 8.42 Å². The van der Waals surface area contributed by atoms with Gasteiger partial charge in [0.1, 0.15) is 0 Å². The fraction of sp³-hybridized carbons (Fsp3) is 0.583. The van der Waals surface area contributed by atoms with Gasteiger partial charge in [-0.1, -0.05) is 19.8 Å². The second-order valence-electron chi connectivity index (χ2n) is 4.98. The van der Waals surface area contributed by atoms with Gasteiger partial charge in [0, 0.05) is 18.3 Å². The molecule has 0 saturated heterocycles. The van der Waals surface area contributed by atoms with Gasteiger partial charge in [0.05, 0.1) is 4.90 Å². The maximum Gasteiger partial charge on any atom is 0.247 e. The van der Waals surface area contributed by atoms with E-state index in [0.717, 1.165) is 25.7 Å². The minimum Gasteiger partial charge on any atom is -0.328 e. The van der Waals surface area contributed by atoms with Crippen molar-refractivity contribution in [1.29, 1.82) is 0 Å². The summed E-state index contributed by atoms with van der Waals surface area (Å²) >= 11 is 0. The van der Waals surface area contributed by atoms with Gasteiger partial charge in [-0.2, -0.15) is 0 Å². The molecular formula is C12H18N2O3S. The Hall–Kier alpha value is -1.14. The lowest BCUT2D eigenvalue weighted by Crippen LogP contribution is -2.38. The molecule has 1 fully saturated rings. The predicted octanol–water partition coefficient (Wildman–Crippen LogP) is 1.23. The van der Waals surface area contributed by atoms with Crippen LogP contribution < -0.4 is 10.3 Å². The van der Waals surface area contributed by atoms with Gasteiger partial charge in [0.25, 0.3) is 0 Å². The number of hydrogen-bond acceptors (Lipinski definition) is 3. The monoisotopic (exact) mass is 270 g/mol. The molecule has 1 saturated carbocycles. The quantitative estimate of drug-likeness (QED) is 0.867. The molecule has 2 rings (SSSR count). The van der Waals surface area contributed by atoms with Crippen LogP contribution in [0.3, 0.4) is 0 Å². The molecule has 0 spiro atoms. The number of aromatic amines is 1. The second-order valence-corrected chi connectivity index (χ2v) is 6.69. The van der Waals surface area contributed by atoms with E-state index in [1.54, 1.807) is 0 Å². The van der Waals surface area contributed by atoms with Crippen LogP contribution >= 0.6 is 0 Å². The summed E-state index contributed by atoms with van der Waals surface area (Å²) in [4.78, 5) is 13.4. The number of H-pyrrole nitrogens is 1. The first-order chi connectivity index (χ1) is 8.47. The van der Waals surface area contributed by atoms with Crippen molar-refractivity contribution in [2.75, 3.05) is 0 Å². The number of nitrogens with one attached hydrogen (secondary N) is 2. The third kappa shape index (κ3) is 3.20. The zero-order valence-electron chi connectivity index (χ0n) is 10.3. The molecule has 0 aromatic carbocycles. The largest absolute Gasteiger partial charge is 0.328 e. The highest BCUT2D eigenvalue weighted by Gasteiger charge is 2.24. The summed E-state index contributed by atoms with van der Waals surface area (Å²) in [6.07, 6.45) is 5.21. The third-order valence-corrected chi connectivity index (χ3v) is 4.84. The lowest BCUT2D eigenvalue weighted by Gasteiger charge is -2.27. The average molecular weight is 270 g/mol. The summed E-state index contributed by atoms with van der Waals surface area (Å²) in [5.41, 5.74) is -0.305. The maximum atomic E-state index is 12.1. The molecule has 0 aliphatic heterocycles. The molecular weight excluding hydrogens is 252 g/mol. The predicted molar refractivity (Wildman–Crippen MR) is 68.8 cm³/mol. The van der Waals surface area contributed by atoms with Crippen LogP contribution in [0.4, 0.5) is 0 Å². The molecule has 1 aliphatic rings. The molecule has 0 radical (unpaired) electrons. The summed E-state index contributed by atoms with van der Waals surface area (Å²) < 4.78 is 26.9. The van der Waals surface area contributed by atoms with E-state index in [9.17, 15) is 13.2 Å². The summed E-state index contributed by atoms with van der Waals surface area (Å²) in [7, 11) is -3.52. The molecule has 1 aromatic heterocycles. The van der Waals surface area contributed by atoms with Crippen LogP contribution in [0.25, 0.3) is 0 Å². The Morgan fingerprint density at radius 2 is 2.11 bits per heavy atom. The molecule has 1 aromatic rings. The van der Waals surface area contributed by atoms with Crippen molar-refractivity contribution in [3.63, 3.8) is 0 Å². The Bertz CT molecular complexity index is 544. The van der Waals surface area contributed by atoms with Gasteiger partial charge < -0.3 is 4.98 Å². The first-order valence-corrected chi connectivity index (χ1v) is 7.67. The highest BCUT2D eigenvalue weighted by atomic mass is 32.2. The highest BCUT2D eigenvalue weighted by molar-refractivity contribution is 7.89. The molecule has 1 aliphatic carbocycles. The molecule has 0 amide bonds. The van der Waals surface area contributed by atoms with Gasteiger partial charge in [-0.3, -0.25) is 4.79 Å². The van der Waals surface area contributed by atoms with Crippen LogP contribution in [-0.4, -0.2) is 19.4 Å². The van der Waals surface area contributed by atoms with Crippen molar-refractivity contribution in [3.05, 3.63) is 28.7 Å². The Morgan fingerprint density at radius 1 is 1.33 bits per heavy atom. The third-order valence-electron chi connectivity index (χ3n) is 3.32. The number of hydrogen-bond donors (Lipinski definition) is 2. The first-order valence-electron chi connectivity index (χ1n) is 6.18. The molecule has 1 heterocycles. The molecule has 2 unspecified atom stereocenters. The Morgan fingerprint density at radius 3 is 2.72 bits per heavy atom. The topological polar surface area (TPSA) is 79.0 Å². The van der Waals surface area contributed by atoms with Crippen LogP contribution in [0.15, 0.2) is 28.0 Å². The van der Waals surface area contributed by atoms with E-state index in [4.69, 9.17) is 0 Å². The van der Waals surface area contributed by atoms with Gasteiger partial charge in [-0.25, -0.2) is 13.1 Å². The summed E-state index contributed by atoms with van der Waals surface area (Å²) in [6, 6.07) is 2.55. The number of sulfonamides is 1. The summed E-state index contributed by atoms with van der Waals surface area (Å²) in [6.45, 7) is 2.14. The summed E-state index contributed by atoms with van der Waals surface area (Å²) in [5, 5.41) is 0. The first kappa shape index (κ1) is 13.3. The Labute approximate surface area is 107 Å². The van der Waals surface area contributed by atoms with Crippen molar-refractivity contribution in [3.8, 4) is 0 Å².